The fraction of sp³-hybridized carbons (Fsp3) is 0.618. The topological polar surface area (TPSA) is 67.9 Å². The Bertz CT molecular complexity index is 1170. The molecule has 0 radical (unpaired) electrons. The van der Waals surface area contributed by atoms with Crippen LogP contribution in [0.1, 0.15) is 100 Å². The zero-order valence-electron chi connectivity index (χ0n) is 26.4. The van der Waals surface area contributed by atoms with Gasteiger partial charge in [0, 0.05) is 49.1 Å². The van der Waals surface area contributed by atoms with Gasteiger partial charge in [0.1, 0.15) is 16.7 Å². The second-order valence-electron chi connectivity index (χ2n) is 12.0. The zero-order chi connectivity index (χ0) is 30.6. The minimum atomic E-state index is -1.42. The SMILES string of the molecule is CCCCCC1CCC1CN1CC(c2ccc(Cl)cc2CCC)COc2ccc(C(=O)NS(=O)C(C)C)cc21.COC. The molecule has 8 heteroatoms. The van der Waals surface area contributed by atoms with Crippen LogP contribution in [0, 0.1) is 11.8 Å². The Morgan fingerprint density at radius 1 is 1.10 bits per heavy atom. The number of nitrogens with zero attached hydrogens (tertiary/aromatic N) is 1. The van der Waals surface area contributed by atoms with Crippen LogP contribution in [0.5, 0.6) is 5.75 Å². The minimum absolute atomic E-state index is 0.143. The normalized spacial score (nSPS) is 20.4. The summed E-state index contributed by atoms with van der Waals surface area (Å²) in [5.74, 6) is 2.12. The Labute approximate surface area is 261 Å². The fourth-order valence-electron chi connectivity index (χ4n) is 5.92. The van der Waals surface area contributed by atoms with E-state index in [0.717, 1.165) is 48.3 Å². The maximum Gasteiger partial charge on any atom is 0.263 e. The van der Waals surface area contributed by atoms with Gasteiger partial charge in [-0.2, -0.15) is 0 Å². The molecule has 1 saturated carbocycles. The molecule has 2 aromatic rings. The van der Waals surface area contributed by atoms with E-state index in [1.807, 2.05) is 32.0 Å². The second kappa shape index (κ2) is 17.3. The highest BCUT2D eigenvalue weighted by Crippen LogP contribution is 2.42. The summed E-state index contributed by atoms with van der Waals surface area (Å²) in [6.45, 7) is 10.5. The third kappa shape index (κ3) is 9.45. The third-order valence-corrected chi connectivity index (χ3v) is 9.81. The molecule has 1 aliphatic heterocycles. The van der Waals surface area contributed by atoms with Crippen LogP contribution in [-0.4, -0.2) is 49.3 Å². The van der Waals surface area contributed by atoms with E-state index in [9.17, 15) is 9.00 Å². The van der Waals surface area contributed by atoms with Crippen LogP contribution < -0.4 is 14.4 Å². The lowest BCUT2D eigenvalue weighted by atomic mass is 9.71. The van der Waals surface area contributed by atoms with Gasteiger partial charge in [-0.3, -0.25) is 9.52 Å². The summed E-state index contributed by atoms with van der Waals surface area (Å²) in [5, 5.41) is 0.631. The van der Waals surface area contributed by atoms with Gasteiger partial charge in [-0.15, -0.1) is 0 Å². The first-order chi connectivity index (χ1) is 20.2. The number of amides is 1. The fourth-order valence-corrected chi connectivity index (χ4v) is 6.65. The average molecular weight is 619 g/mol. The zero-order valence-corrected chi connectivity index (χ0v) is 28.0. The smallest absolute Gasteiger partial charge is 0.263 e. The highest BCUT2D eigenvalue weighted by Gasteiger charge is 2.34. The molecule has 4 atom stereocenters. The van der Waals surface area contributed by atoms with Crippen molar-refractivity contribution < 1.29 is 18.5 Å². The summed E-state index contributed by atoms with van der Waals surface area (Å²) < 4.78 is 25.7. The maximum atomic E-state index is 13.0. The van der Waals surface area contributed by atoms with E-state index in [1.54, 1.807) is 20.3 Å². The van der Waals surface area contributed by atoms with Gasteiger partial charge in [-0.05, 0) is 86.4 Å². The molecule has 1 heterocycles. The third-order valence-electron chi connectivity index (χ3n) is 8.34. The number of carbonyl (C=O) groups is 1. The molecule has 0 spiro atoms. The number of rotatable bonds is 12. The van der Waals surface area contributed by atoms with Crippen molar-refractivity contribution in [3.05, 3.63) is 58.1 Å². The molecule has 0 bridgehead atoms. The van der Waals surface area contributed by atoms with E-state index in [-0.39, 0.29) is 17.1 Å². The Morgan fingerprint density at radius 3 is 2.48 bits per heavy atom. The quantitative estimate of drug-likeness (QED) is 0.245. The molecule has 234 valence electrons. The Balaban J connectivity index is 0.00000155. The van der Waals surface area contributed by atoms with Gasteiger partial charge in [-0.25, -0.2) is 4.21 Å². The number of fused-ring (bicyclic) bond motifs is 1. The molecule has 1 amide bonds. The van der Waals surface area contributed by atoms with E-state index < -0.39 is 11.0 Å². The monoisotopic (exact) mass is 618 g/mol. The molecule has 4 unspecified atom stereocenters. The van der Waals surface area contributed by atoms with Crippen molar-refractivity contribution in [1.82, 2.24) is 4.72 Å². The van der Waals surface area contributed by atoms with Gasteiger partial charge >= 0.3 is 0 Å². The number of ether oxygens (including phenoxy) is 2. The summed E-state index contributed by atoms with van der Waals surface area (Å²) in [5.41, 5.74) is 4.08. The number of carbonyl (C=O) groups excluding carboxylic acids is 1. The van der Waals surface area contributed by atoms with Gasteiger partial charge in [0.15, 0.2) is 0 Å². The van der Waals surface area contributed by atoms with Crippen molar-refractivity contribution in [2.75, 3.05) is 38.8 Å². The maximum absolute atomic E-state index is 13.0. The van der Waals surface area contributed by atoms with Crippen molar-refractivity contribution in [2.24, 2.45) is 11.8 Å². The summed E-state index contributed by atoms with van der Waals surface area (Å²) in [4.78, 5) is 15.4. The molecule has 0 saturated heterocycles. The highest BCUT2D eigenvalue weighted by atomic mass is 35.5. The molecular formula is C34H51ClN2O4S. The van der Waals surface area contributed by atoms with Gasteiger partial charge in [0.2, 0.25) is 0 Å². The van der Waals surface area contributed by atoms with Gasteiger partial charge in [0.25, 0.3) is 5.91 Å². The summed E-state index contributed by atoms with van der Waals surface area (Å²) >= 11 is 6.39. The molecule has 4 rings (SSSR count). The van der Waals surface area contributed by atoms with E-state index in [1.165, 1.54) is 49.7 Å². The molecule has 2 aromatic carbocycles. The number of nitrogens with one attached hydrogen (secondary N) is 1. The highest BCUT2D eigenvalue weighted by molar-refractivity contribution is 7.84. The molecule has 1 N–H and O–H groups in total. The Hall–Kier alpha value is -2.09. The summed E-state index contributed by atoms with van der Waals surface area (Å²) in [7, 11) is 1.83. The van der Waals surface area contributed by atoms with Gasteiger partial charge in [0.05, 0.1) is 12.3 Å². The van der Waals surface area contributed by atoms with Crippen molar-refractivity contribution in [3.8, 4) is 5.75 Å². The van der Waals surface area contributed by atoms with Crippen LogP contribution in [0.15, 0.2) is 36.4 Å². The second-order valence-corrected chi connectivity index (χ2v) is 14.1. The first kappa shape index (κ1) is 34.4. The molecule has 1 aliphatic carbocycles. The number of benzene rings is 2. The molecule has 6 nitrogen and oxygen atoms in total. The predicted octanol–water partition coefficient (Wildman–Crippen LogP) is 7.95. The van der Waals surface area contributed by atoms with E-state index >= 15 is 0 Å². The number of hydrogen-bond acceptors (Lipinski definition) is 5. The standard InChI is InChI=1S/C32H45ClN2O3S.C2H6O/c1-5-7-8-10-23-11-12-26(23)19-35-20-27(29-15-14-28(33)17-24(29)9-6-2)21-38-31-16-13-25(18-30(31)35)32(36)34-39(37)22(3)4;1-3-2/h13-18,22-23,26-27H,5-12,19-21H2,1-4H3,(H,34,36);1-2H3. The number of aryl methyl sites for hydroxylation is 1. The van der Waals surface area contributed by atoms with Gasteiger partial charge < -0.3 is 14.4 Å². The van der Waals surface area contributed by atoms with Crippen LogP contribution in [0.2, 0.25) is 5.02 Å². The van der Waals surface area contributed by atoms with Crippen LogP contribution in [0.3, 0.4) is 0 Å². The van der Waals surface area contributed by atoms with Crippen LogP contribution >= 0.6 is 11.6 Å². The van der Waals surface area contributed by atoms with E-state index in [4.69, 9.17) is 16.3 Å². The number of methoxy groups -OCH3 is 1. The van der Waals surface area contributed by atoms with Crippen LogP contribution in [0.4, 0.5) is 5.69 Å². The molecule has 1 fully saturated rings. The largest absolute Gasteiger partial charge is 0.491 e. The summed E-state index contributed by atoms with van der Waals surface area (Å²) in [6, 6.07) is 11.9. The average Bonchev–Trinajstić information content (AvgIpc) is 3.13. The first-order valence-electron chi connectivity index (χ1n) is 15.6. The first-order valence-corrected chi connectivity index (χ1v) is 17.2. The summed E-state index contributed by atoms with van der Waals surface area (Å²) in [6.07, 6.45) is 9.78. The van der Waals surface area contributed by atoms with Crippen LogP contribution in [-0.2, 0) is 22.1 Å². The molecule has 42 heavy (non-hydrogen) atoms. The van der Waals surface area contributed by atoms with E-state index in [0.29, 0.717) is 18.1 Å². The lowest BCUT2D eigenvalue weighted by Gasteiger charge is -2.41. The molecule has 0 aromatic heterocycles. The van der Waals surface area contributed by atoms with Crippen molar-refractivity contribution >= 4 is 34.2 Å². The van der Waals surface area contributed by atoms with Gasteiger partial charge in [-0.1, -0.05) is 63.6 Å². The van der Waals surface area contributed by atoms with Crippen molar-refractivity contribution in [1.29, 1.82) is 0 Å². The van der Waals surface area contributed by atoms with Crippen molar-refractivity contribution in [2.45, 2.75) is 90.2 Å². The number of unbranched alkanes of at least 4 members (excludes halogenated alkanes) is 2. The number of anilines is 1. The van der Waals surface area contributed by atoms with Crippen molar-refractivity contribution in [3.63, 3.8) is 0 Å². The lowest BCUT2D eigenvalue weighted by molar-refractivity contribution is 0.0982. The van der Waals surface area contributed by atoms with E-state index in [2.05, 4.69) is 40.3 Å². The predicted molar refractivity (Wildman–Crippen MR) is 176 cm³/mol. The number of halogens is 1. The minimum Gasteiger partial charge on any atom is -0.491 e. The molecule has 2 aliphatic rings. The number of hydrogen-bond donors (Lipinski definition) is 1. The lowest BCUT2D eigenvalue weighted by Crippen LogP contribution is -2.40. The molecular weight excluding hydrogens is 568 g/mol. The Kier molecular flexibility index (Phi) is 14.1. The Morgan fingerprint density at radius 2 is 1.83 bits per heavy atom. The van der Waals surface area contributed by atoms with Crippen LogP contribution in [0.25, 0.3) is 0 Å².